The molecule has 0 heterocycles. The van der Waals surface area contributed by atoms with E-state index in [-0.39, 0.29) is 11.4 Å². The zero-order valence-electron chi connectivity index (χ0n) is 27.9. The van der Waals surface area contributed by atoms with Gasteiger partial charge in [-0.05, 0) is 204 Å². The number of benzene rings is 6. The molecule has 0 fully saturated rings. The maximum atomic E-state index is 12.9. The molecule has 0 bridgehead atoms. The Bertz CT molecular complexity index is 3530. The van der Waals surface area contributed by atoms with Gasteiger partial charge in [-0.1, -0.05) is 36.4 Å². The molecule has 234 valence electrons. The largest absolute Gasteiger partial charge is 0.465 e. The van der Waals surface area contributed by atoms with Crippen molar-refractivity contribution in [1.82, 2.24) is 0 Å². The number of methoxy groups -OCH3 is 1. The zero-order valence-corrected chi connectivity index (χ0v) is 27.9. The van der Waals surface area contributed by atoms with Crippen LogP contribution in [0.5, 0.6) is 0 Å². The molecule has 0 amide bonds. The van der Waals surface area contributed by atoms with Gasteiger partial charge in [0.2, 0.25) is 0 Å². The number of esters is 1. The standard InChI is InChI=1S/C49H26O2/c1-51-48(50)16-3-2-15-12-26-25-11-22-9-19-7-20-6-17-5-18-8-21-10-24-14-49(26,13-23(15)4-16)47-33(24)38-32(21)37-28(18)27(17)35-31(20)36-29(19)30(22)39-34(25)46(47)45-43(38)41(37)40(35)42(36)44(39)45/h2-4,6,8-9,11,14,19,21,26,29,32H,5,7,10,12-13H2,1H3. The van der Waals surface area contributed by atoms with E-state index < -0.39 is 0 Å². The molecule has 6 unspecified atom stereocenters. The summed E-state index contributed by atoms with van der Waals surface area (Å²) in [6.07, 6.45) is 13.8. The van der Waals surface area contributed by atoms with Gasteiger partial charge in [0, 0.05) is 23.2 Å². The predicted molar refractivity (Wildman–Crippen MR) is 202 cm³/mol. The van der Waals surface area contributed by atoms with Crippen LogP contribution in [0.1, 0.15) is 101 Å². The quantitative estimate of drug-likeness (QED) is 0.131. The topological polar surface area (TPSA) is 26.3 Å². The number of rotatable bonds is 1. The summed E-state index contributed by atoms with van der Waals surface area (Å²) in [5, 5.41) is 21.4. The van der Waals surface area contributed by atoms with E-state index in [1.54, 1.807) is 137 Å². The summed E-state index contributed by atoms with van der Waals surface area (Å²) in [6, 6.07) is 11.9. The van der Waals surface area contributed by atoms with E-state index in [1.165, 1.54) is 24.7 Å². The van der Waals surface area contributed by atoms with Gasteiger partial charge in [0.1, 0.15) is 0 Å². The third-order valence-electron chi connectivity index (χ3n) is 17.1. The van der Waals surface area contributed by atoms with E-state index in [4.69, 9.17) is 4.74 Å². The molecule has 0 radical (unpaired) electrons. The highest BCUT2D eigenvalue weighted by molar-refractivity contribution is 6.51. The van der Waals surface area contributed by atoms with Crippen molar-refractivity contribution in [3.05, 3.63) is 120 Å². The molecule has 0 saturated carbocycles. The van der Waals surface area contributed by atoms with Crippen molar-refractivity contribution in [2.24, 2.45) is 11.8 Å². The first-order valence-corrected chi connectivity index (χ1v) is 19.4. The molecule has 10 aliphatic carbocycles. The lowest BCUT2D eigenvalue weighted by atomic mass is 9.56. The van der Waals surface area contributed by atoms with Crippen LogP contribution < -0.4 is 5.22 Å². The van der Waals surface area contributed by atoms with E-state index in [1.807, 2.05) is 6.07 Å². The van der Waals surface area contributed by atoms with Crippen molar-refractivity contribution in [2.75, 3.05) is 7.11 Å². The fourth-order valence-corrected chi connectivity index (χ4v) is 16.1. The summed E-state index contributed by atoms with van der Waals surface area (Å²) in [6.45, 7) is 0. The van der Waals surface area contributed by atoms with Gasteiger partial charge in [-0.3, -0.25) is 0 Å². The Hall–Kier alpha value is -5.21. The number of hydrogen-bond donors (Lipinski definition) is 0. The van der Waals surface area contributed by atoms with E-state index in [2.05, 4.69) is 42.5 Å². The summed E-state index contributed by atoms with van der Waals surface area (Å²) < 4.78 is 5.24. The Kier molecular flexibility index (Phi) is 2.88. The maximum Gasteiger partial charge on any atom is 0.337 e. The zero-order chi connectivity index (χ0) is 32.0. The Morgan fingerprint density at radius 2 is 1.43 bits per heavy atom. The third kappa shape index (κ3) is 1.83. The molecule has 2 nitrogen and oxygen atoms in total. The lowest BCUT2D eigenvalue weighted by Gasteiger charge is -2.46. The second-order valence-corrected chi connectivity index (χ2v) is 18.4. The van der Waals surface area contributed by atoms with E-state index >= 15 is 0 Å². The number of ether oxygens (including phenoxy) is 1. The molecule has 51 heavy (non-hydrogen) atoms. The second kappa shape index (κ2) is 6.30. The molecule has 0 N–H and O–H groups in total. The molecule has 0 saturated heterocycles. The van der Waals surface area contributed by atoms with Gasteiger partial charge in [0.25, 0.3) is 0 Å². The molecular formula is C49H26O2. The summed E-state index contributed by atoms with van der Waals surface area (Å²) in [7, 11) is 1.51. The highest BCUT2D eigenvalue weighted by atomic mass is 16.5. The van der Waals surface area contributed by atoms with Crippen molar-refractivity contribution in [2.45, 2.75) is 55.3 Å². The summed E-state index contributed by atoms with van der Waals surface area (Å²) in [4.78, 5) is 12.9. The number of allylic oxidation sites excluding steroid dienone is 4. The molecule has 10 aliphatic rings. The van der Waals surface area contributed by atoms with Crippen LogP contribution in [-0.4, -0.2) is 13.1 Å². The van der Waals surface area contributed by atoms with Crippen molar-refractivity contribution >= 4 is 87.8 Å². The van der Waals surface area contributed by atoms with Crippen LogP contribution in [0, 0.1) is 11.8 Å². The van der Waals surface area contributed by atoms with Crippen molar-refractivity contribution in [3.8, 4) is 0 Å². The van der Waals surface area contributed by atoms with Crippen LogP contribution in [0.15, 0.2) is 42.5 Å². The van der Waals surface area contributed by atoms with Gasteiger partial charge in [0.05, 0.1) is 12.7 Å². The normalized spacial score (nSPS) is 29.6. The van der Waals surface area contributed by atoms with Crippen LogP contribution in [0.4, 0.5) is 0 Å². The molecule has 18 rings (SSSR count). The SMILES string of the molecule is COC(=O)c1ccc2c(c1)CC13C=C4CC5C=C6Cc7cc8c9c%10c%11c%12c%13c(c6c7c9%12)C5c5c4c1c1c4c(cc6c(c4c%11c1c5%13)C%10C(C=6)C8)C3C2. The molecule has 6 atom stereocenters. The number of hydrogen-bond acceptors (Lipinski definition) is 2. The Labute approximate surface area is 290 Å². The van der Waals surface area contributed by atoms with E-state index in [0.29, 0.717) is 35.2 Å². The molecule has 8 aromatic carbocycles. The van der Waals surface area contributed by atoms with Gasteiger partial charge >= 0.3 is 5.97 Å². The van der Waals surface area contributed by atoms with E-state index in [0.717, 1.165) is 25.7 Å². The average molecular weight is 647 g/mol. The number of fused-ring (bicyclic) bond motifs is 2. The molecule has 1 spiro atoms. The minimum atomic E-state index is -0.230. The summed E-state index contributed by atoms with van der Waals surface area (Å²) >= 11 is 0. The van der Waals surface area contributed by atoms with Gasteiger partial charge in [-0.2, -0.15) is 0 Å². The van der Waals surface area contributed by atoms with Gasteiger partial charge in [-0.15, -0.1) is 0 Å². The molecule has 0 aliphatic heterocycles. The first kappa shape index (κ1) is 23.3. The second-order valence-electron chi connectivity index (χ2n) is 18.4. The molecule has 0 aromatic heterocycles. The smallest absolute Gasteiger partial charge is 0.337 e. The van der Waals surface area contributed by atoms with Gasteiger partial charge in [-0.25, -0.2) is 4.79 Å². The summed E-state index contributed by atoms with van der Waals surface area (Å²) in [5.41, 5.74) is 23.4. The Morgan fingerprint density at radius 1 is 0.647 bits per heavy atom. The average Bonchev–Trinajstić information content (AvgIpc) is 3.97. The number of carbonyl (C=O) groups excluding carboxylic acids is 1. The maximum absolute atomic E-state index is 12.9. The van der Waals surface area contributed by atoms with Crippen molar-refractivity contribution in [1.29, 1.82) is 0 Å². The van der Waals surface area contributed by atoms with Gasteiger partial charge in [0.15, 0.2) is 0 Å². The fourth-order valence-electron chi connectivity index (χ4n) is 16.1. The highest BCUT2D eigenvalue weighted by Gasteiger charge is 2.59. The summed E-state index contributed by atoms with van der Waals surface area (Å²) in [5.74, 6) is 2.22. The highest BCUT2D eigenvalue weighted by Crippen LogP contribution is 2.75. The monoisotopic (exact) mass is 646 g/mol. The van der Waals surface area contributed by atoms with Crippen molar-refractivity contribution < 1.29 is 9.53 Å². The van der Waals surface area contributed by atoms with Crippen LogP contribution in [-0.2, 0) is 35.8 Å². The lowest BCUT2D eigenvalue weighted by Crippen LogP contribution is -2.40. The van der Waals surface area contributed by atoms with Crippen molar-refractivity contribution in [3.63, 3.8) is 0 Å². The first-order valence-electron chi connectivity index (χ1n) is 19.4. The van der Waals surface area contributed by atoms with Gasteiger partial charge < -0.3 is 4.74 Å². The van der Waals surface area contributed by atoms with Crippen LogP contribution in [0.2, 0.25) is 0 Å². The van der Waals surface area contributed by atoms with Crippen LogP contribution in [0.3, 0.4) is 0 Å². The number of carbonyl (C=O) groups is 1. The van der Waals surface area contributed by atoms with Crippen LogP contribution >= 0.6 is 0 Å². The molecule has 8 aromatic rings. The third-order valence-corrected chi connectivity index (χ3v) is 17.1. The molecular weight excluding hydrogens is 621 g/mol. The first-order chi connectivity index (χ1) is 25.1. The van der Waals surface area contributed by atoms with Crippen LogP contribution in [0.25, 0.3) is 81.9 Å². The molecule has 2 heteroatoms. The predicted octanol–water partition coefficient (Wildman–Crippen LogP) is 9.35. The minimum absolute atomic E-state index is 0.0957. The Balaban J connectivity index is 1.16. The minimum Gasteiger partial charge on any atom is -0.465 e. The van der Waals surface area contributed by atoms with E-state index in [9.17, 15) is 4.79 Å². The Morgan fingerprint density at radius 3 is 2.33 bits per heavy atom. The fraction of sp³-hybridized carbons (Fsp3) is 0.245. The lowest BCUT2D eigenvalue weighted by molar-refractivity contribution is 0.0600.